The molecule has 3 aromatic rings. The largest absolute Gasteiger partial charge is 0.353 e. The molecule has 208 valence electrons. The number of halogens is 2. The van der Waals surface area contributed by atoms with Gasteiger partial charge in [0.1, 0.15) is 0 Å². The Hall–Kier alpha value is -2.14. The van der Waals surface area contributed by atoms with Crippen LogP contribution in [-0.2, 0) is 16.1 Å². The summed E-state index contributed by atoms with van der Waals surface area (Å²) in [6.45, 7) is 4.65. The van der Waals surface area contributed by atoms with Gasteiger partial charge in [0.15, 0.2) is 4.34 Å². The van der Waals surface area contributed by atoms with E-state index < -0.39 is 6.04 Å². The third-order valence-corrected chi connectivity index (χ3v) is 9.28. The Bertz CT molecular complexity index is 1280. The topological polar surface area (TPSA) is 100 Å². The van der Waals surface area contributed by atoms with E-state index in [2.05, 4.69) is 20.5 Å². The average molecular weight is 607 g/mol. The number of piperidine rings is 1. The van der Waals surface area contributed by atoms with E-state index >= 15 is 0 Å². The van der Waals surface area contributed by atoms with Crippen molar-refractivity contribution in [3.63, 3.8) is 0 Å². The smallest absolute Gasteiger partial charge is 0.241 e. The molecule has 0 aliphatic carbocycles. The van der Waals surface area contributed by atoms with Crippen molar-refractivity contribution in [1.29, 1.82) is 0 Å². The van der Waals surface area contributed by atoms with E-state index in [-0.39, 0.29) is 17.9 Å². The van der Waals surface area contributed by atoms with Crippen molar-refractivity contribution in [2.24, 2.45) is 5.73 Å². The molecule has 0 radical (unpaired) electrons. The van der Waals surface area contributed by atoms with E-state index in [0.717, 1.165) is 60.1 Å². The number of aromatic nitrogens is 1. The first-order valence-electron chi connectivity index (χ1n) is 13.0. The highest BCUT2D eigenvalue weighted by Gasteiger charge is 2.21. The maximum atomic E-state index is 12.6. The molecule has 1 fully saturated rings. The van der Waals surface area contributed by atoms with E-state index in [1.807, 2.05) is 54.8 Å². The zero-order valence-electron chi connectivity index (χ0n) is 21.8. The minimum absolute atomic E-state index is 0.0211. The van der Waals surface area contributed by atoms with E-state index in [9.17, 15) is 9.59 Å². The Morgan fingerprint density at radius 3 is 2.72 bits per heavy atom. The fraction of sp³-hybridized carbons (Fsp3) is 0.393. The third kappa shape index (κ3) is 8.93. The Morgan fingerprint density at radius 1 is 1.18 bits per heavy atom. The number of amides is 2. The molecule has 11 heteroatoms. The summed E-state index contributed by atoms with van der Waals surface area (Å²) in [6, 6.07) is 13.0. The van der Waals surface area contributed by atoms with Crippen LogP contribution >= 0.6 is 46.3 Å². The molecular weight excluding hydrogens is 573 g/mol. The van der Waals surface area contributed by atoms with Crippen molar-refractivity contribution < 1.29 is 9.59 Å². The summed E-state index contributed by atoms with van der Waals surface area (Å²) in [6.07, 6.45) is 3.32. The highest BCUT2D eigenvalue weighted by atomic mass is 35.5. The lowest BCUT2D eigenvalue weighted by Crippen LogP contribution is -2.44. The van der Waals surface area contributed by atoms with E-state index in [4.69, 9.17) is 28.9 Å². The van der Waals surface area contributed by atoms with E-state index in [0.29, 0.717) is 27.9 Å². The van der Waals surface area contributed by atoms with Gasteiger partial charge in [0.25, 0.3) is 0 Å². The standard InChI is InChI=1S/C28H33Cl2N5O2S2/c1-2-4-24(31)27(37)33-21-6-3-5-19(14-21)25-16-38-28(34-25)39-17-26(36)32-20-9-11-35(12-10-20)15-18-7-8-22(29)23(30)13-18/h3,5-8,13-14,16,20,24H,2,4,9-12,15,17,31H2,1H3,(H,32,36)(H,33,37)/t24-/m0/s1. The van der Waals surface area contributed by atoms with Crippen LogP contribution in [0.5, 0.6) is 0 Å². The van der Waals surface area contributed by atoms with Crippen molar-refractivity contribution in [1.82, 2.24) is 15.2 Å². The van der Waals surface area contributed by atoms with Crippen molar-refractivity contribution in [2.75, 3.05) is 24.2 Å². The van der Waals surface area contributed by atoms with Crippen LogP contribution in [0.25, 0.3) is 11.3 Å². The van der Waals surface area contributed by atoms with Crippen LogP contribution in [0, 0.1) is 0 Å². The molecule has 4 rings (SSSR count). The molecule has 0 spiro atoms. The van der Waals surface area contributed by atoms with Crippen molar-refractivity contribution in [3.8, 4) is 11.3 Å². The van der Waals surface area contributed by atoms with Gasteiger partial charge in [-0.25, -0.2) is 4.98 Å². The van der Waals surface area contributed by atoms with Gasteiger partial charge in [-0.2, -0.15) is 0 Å². The summed E-state index contributed by atoms with van der Waals surface area (Å²) < 4.78 is 0.830. The molecule has 1 atom stereocenters. The SMILES string of the molecule is CCC[C@H](N)C(=O)Nc1cccc(-c2csc(SCC(=O)NC3CCN(Cc4ccc(Cl)c(Cl)c4)CC3)n2)c1. The molecule has 2 amide bonds. The fourth-order valence-electron chi connectivity index (χ4n) is 4.42. The lowest BCUT2D eigenvalue weighted by molar-refractivity contribution is -0.119. The Kier molecular flexibility index (Phi) is 11.1. The van der Waals surface area contributed by atoms with Crippen molar-refractivity contribution >= 4 is 63.8 Å². The van der Waals surface area contributed by atoms with Gasteiger partial charge in [0.05, 0.1) is 27.5 Å². The molecule has 0 bridgehead atoms. The molecule has 1 aromatic heterocycles. The second-order valence-electron chi connectivity index (χ2n) is 9.62. The molecule has 39 heavy (non-hydrogen) atoms. The number of carbonyl (C=O) groups excluding carboxylic acids is 2. The van der Waals surface area contributed by atoms with Crippen LogP contribution in [0.2, 0.25) is 10.0 Å². The molecule has 4 N–H and O–H groups in total. The summed E-state index contributed by atoms with van der Waals surface area (Å²) >= 11 is 15.1. The van der Waals surface area contributed by atoms with Crippen LogP contribution in [0.15, 0.2) is 52.2 Å². The molecule has 1 saturated heterocycles. The number of likely N-dealkylation sites (tertiary alicyclic amines) is 1. The molecule has 7 nitrogen and oxygen atoms in total. The molecule has 2 aromatic carbocycles. The Labute approximate surface area is 247 Å². The monoisotopic (exact) mass is 605 g/mol. The predicted molar refractivity (Wildman–Crippen MR) is 163 cm³/mol. The summed E-state index contributed by atoms with van der Waals surface area (Å²) in [5, 5.41) is 9.16. The van der Waals surface area contributed by atoms with Crippen LogP contribution in [0.3, 0.4) is 0 Å². The maximum Gasteiger partial charge on any atom is 0.241 e. The first-order valence-corrected chi connectivity index (χ1v) is 15.6. The minimum Gasteiger partial charge on any atom is -0.353 e. The number of benzene rings is 2. The summed E-state index contributed by atoms with van der Waals surface area (Å²) in [5.74, 6) is 0.154. The number of nitrogens with zero attached hydrogens (tertiary/aromatic N) is 2. The Morgan fingerprint density at radius 2 is 1.97 bits per heavy atom. The second-order valence-corrected chi connectivity index (χ2v) is 12.5. The summed E-state index contributed by atoms with van der Waals surface area (Å²) in [5.41, 5.74) is 9.46. The number of nitrogens with one attached hydrogen (secondary N) is 2. The highest BCUT2D eigenvalue weighted by Crippen LogP contribution is 2.30. The number of thioether (sulfide) groups is 1. The maximum absolute atomic E-state index is 12.6. The molecule has 0 unspecified atom stereocenters. The zero-order valence-corrected chi connectivity index (χ0v) is 24.9. The number of thiazole rings is 1. The van der Waals surface area contributed by atoms with Crippen LogP contribution in [0.1, 0.15) is 38.2 Å². The van der Waals surface area contributed by atoms with E-state index in [1.54, 1.807) is 0 Å². The normalized spacial score (nSPS) is 15.2. The lowest BCUT2D eigenvalue weighted by atomic mass is 10.0. The number of rotatable bonds is 11. The third-order valence-electron chi connectivity index (χ3n) is 6.52. The van der Waals surface area contributed by atoms with E-state index in [1.165, 1.54) is 23.1 Å². The average Bonchev–Trinajstić information content (AvgIpc) is 3.40. The van der Waals surface area contributed by atoms with Gasteiger partial charge in [-0.05, 0) is 49.1 Å². The predicted octanol–water partition coefficient (Wildman–Crippen LogP) is 6.06. The molecule has 1 aliphatic heterocycles. The molecule has 0 saturated carbocycles. The number of hydrogen-bond acceptors (Lipinski definition) is 7. The molecule has 1 aliphatic rings. The van der Waals surface area contributed by atoms with Gasteiger partial charge in [-0.15, -0.1) is 11.3 Å². The lowest BCUT2D eigenvalue weighted by Gasteiger charge is -2.32. The summed E-state index contributed by atoms with van der Waals surface area (Å²) in [4.78, 5) is 31.9. The van der Waals surface area contributed by atoms with Crippen LogP contribution < -0.4 is 16.4 Å². The van der Waals surface area contributed by atoms with Crippen LogP contribution in [-0.4, -0.2) is 52.6 Å². The minimum atomic E-state index is -0.520. The van der Waals surface area contributed by atoms with Gasteiger partial charge in [-0.1, -0.05) is 66.5 Å². The highest BCUT2D eigenvalue weighted by molar-refractivity contribution is 8.01. The number of hydrogen-bond donors (Lipinski definition) is 3. The first-order chi connectivity index (χ1) is 18.8. The molecule has 2 heterocycles. The second kappa shape index (κ2) is 14.5. The molecular formula is C28H33Cl2N5O2S2. The Balaban J connectivity index is 1.21. The zero-order chi connectivity index (χ0) is 27.8. The van der Waals surface area contributed by atoms with Gasteiger partial charge in [0, 0.05) is 42.3 Å². The number of nitrogens with two attached hydrogens (primary N) is 1. The quantitative estimate of drug-likeness (QED) is 0.230. The first kappa shape index (κ1) is 29.8. The van der Waals surface area contributed by atoms with Gasteiger partial charge < -0.3 is 16.4 Å². The number of anilines is 1. The van der Waals surface area contributed by atoms with Gasteiger partial charge in [0.2, 0.25) is 11.8 Å². The van der Waals surface area contributed by atoms with Gasteiger partial charge >= 0.3 is 0 Å². The summed E-state index contributed by atoms with van der Waals surface area (Å²) in [7, 11) is 0. The van der Waals surface area contributed by atoms with Crippen LogP contribution in [0.4, 0.5) is 5.69 Å². The van der Waals surface area contributed by atoms with Gasteiger partial charge in [-0.3, -0.25) is 14.5 Å². The van der Waals surface area contributed by atoms with Crippen molar-refractivity contribution in [3.05, 3.63) is 63.5 Å². The number of carbonyl (C=O) groups is 2. The fourth-order valence-corrected chi connectivity index (χ4v) is 6.38. The van der Waals surface area contributed by atoms with Crippen molar-refractivity contribution in [2.45, 2.75) is 55.6 Å².